The summed E-state index contributed by atoms with van der Waals surface area (Å²) < 4.78 is 2.00. The van der Waals surface area contributed by atoms with Gasteiger partial charge in [-0.15, -0.1) is 0 Å². The largest absolute Gasteiger partial charge is 0.437 e. The molecule has 36 heavy (non-hydrogen) atoms. The number of aryl methyl sites for hydroxylation is 3. The van der Waals surface area contributed by atoms with Gasteiger partial charge in [0.15, 0.2) is 0 Å². The van der Waals surface area contributed by atoms with Gasteiger partial charge in [-0.25, -0.2) is 4.98 Å². The van der Waals surface area contributed by atoms with Gasteiger partial charge < -0.3 is 19.7 Å². The fourth-order valence-electron chi connectivity index (χ4n) is 5.45. The van der Waals surface area contributed by atoms with Crippen molar-refractivity contribution in [3.05, 3.63) is 82.7 Å². The molecular weight excluding hydrogens is 475 g/mol. The summed E-state index contributed by atoms with van der Waals surface area (Å²) in [4.78, 5) is 26.7. The number of piperazine rings is 1. The lowest BCUT2D eigenvalue weighted by atomic mass is 9.82. The predicted molar refractivity (Wildman–Crippen MR) is 141 cm³/mol. The minimum absolute atomic E-state index is 0.0405. The van der Waals surface area contributed by atoms with Crippen LogP contribution in [0.2, 0.25) is 11.8 Å². The molecule has 2 N–H and O–H groups in total. The molecule has 8 nitrogen and oxygen atoms in total. The Labute approximate surface area is 217 Å². The van der Waals surface area contributed by atoms with Crippen LogP contribution in [0.4, 0.5) is 0 Å². The van der Waals surface area contributed by atoms with Crippen LogP contribution in [0.1, 0.15) is 34.8 Å². The van der Waals surface area contributed by atoms with Crippen molar-refractivity contribution in [2.24, 2.45) is 0 Å². The van der Waals surface area contributed by atoms with Gasteiger partial charge >= 0.3 is 7.05 Å². The number of halogens is 1. The van der Waals surface area contributed by atoms with Gasteiger partial charge in [-0.05, 0) is 54.9 Å². The summed E-state index contributed by atoms with van der Waals surface area (Å²) in [5.74, 6) is -0.0405. The topological polar surface area (TPSA) is 86.5 Å². The second-order valence-corrected chi connectivity index (χ2v) is 10.00. The second kappa shape index (κ2) is 11.1. The van der Waals surface area contributed by atoms with E-state index in [-0.39, 0.29) is 11.9 Å². The molecule has 1 amide bonds. The molecular formula is C26H32BClN6O2. The van der Waals surface area contributed by atoms with Crippen LogP contribution in [0.5, 0.6) is 0 Å². The van der Waals surface area contributed by atoms with E-state index in [2.05, 4.69) is 27.3 Å². The lowest BCUT2D eigenvalue weighted by molar-refractivity contribution is -0.129. The van der Waals surface area contributed by atoms with E-state index in [0.717, 1.165) is 37.1 Å². The number of hydrogen-bond acceptors (Lipinski definition) is 6. The van der Waals surface area contributed by atoms with Crippen LogP contribution in [-0.4, -0.2) is 74.4 Å². The molecule has 1 fully saturated rings. The normalized spacial score (nSPS) is 20.3. The first-order chi connectivity index (χ1) is 17.5. The smallest absolute Gasteiger partial charge is 0.376 e. The molecule has 0 spiro atoms. The Bertz CT molecular complexity index is 1190. The third kappa shape index (κ3) is 5.20. The summed E-state index contributed by atoms with van der Waals surface area (Å²) in [5.41, 5.74) is 4.39. The first-order valence-electron chi connectivity index (χ1n) is 12.7. The van der Waals surface area contributed by atoms with Crippen LogP contribution >= 0.6 is 11.6 Å². The van der Waals surface area contributed by atoms with E-state index in [1.807, 2.05) is 40.0 Å². The lowest BCUT2D eigenvalue weighted by Crippen LogP contribution is -2.62. The standard InChI is InChI=1S/C26H32BClN6O2/c1-27(36)33-15-16-34(22(17-33)26(35)31-11-4-13-32-14-12-29-18-32)25-23-19(5-2-7-21(23)28)8-9-20-6-3-10-30-24(20)25/h2-3,5-7,10,12,14,18,22,25,36H,4,8-9,11,13,15-17H2,1H3,(H,31,35)/t22-,25+/m1/s1. The Balaban J connectivity index is 1.45. The summed E-state index contributed by atoms with van der Waals surface area (Å²) in [6, 6.07) is 9.48. The minimum Gasteiger partial charge on any atom is -0.437 e. The minimum atomic E-state index is -0.626. The molecule has 1 saturated heterocycles. The average molecular weight is 507 g/mol. The molecule has 188 valence electrons. The second-order valence-electron chi connectivity index (χ2n) is 9.59. The Kier molecular flexibility index (Phi) is 7.72. The van der Waals surface area contributed by atoms with Gasteiger partial charge in [0.1, 0.15) is 6.04 Å². The van der Waals surface area contributed by atoms with E-state index in [4.69, 9.17) is 16.6 Å². The molecule has 0 saturated carbocycles. The number of hydrogen-bond donors (Lipinski definition) is 2. The van der Waals surface area contributed by atoms with E-state index >= 15 is 0 Å². The number of nitrogens with zero attached hydrogens (tertiary/aromatic N) is 5. The number of carbonyl (C=O) groups excluding carboxylic acids is 1. The number of carbonyl (C=O) groups is 1. The van der Waals surface area contributed by atoms with Gasteiger partial charge in [0.25, 0.3) is 0 Å². The zero-order valence-electron chi connectivity index (χ0n) is 20.6. The van der Waals surface area contributed by atoms with Gasteiger partial charge in [0, 0.05) is 56.3 Å². The first kappa shape index (κ1) is 25.0. The van der Waals surface area contributed by atoms with Crippen LogP contribution in [0.25, 0.3) is 0 Å². The molecule has 10 heteroatoms. The summed E-state index contributed by atoms with van der Waals surface area (Å²) in [5, 5.41) is 14.2. The van der Waals surface area contributed by atoms with Gasteiger partial charge in [0.2, 0.25) is 5.91 Å². The highest BCUT2D eigenvalue weighted by Gasteiger charge is 2.42. The van der Waals surface area contributed by atoms with Crippen LogP contribution < -0.4 is 5.32 Å². The van der Waals surface area contributed by atoms with Crippen LogP contribution in [0.15, 0.2) is 55.2 Å². The predicted octanol–water partition coefficient (Wildman–Crippen LogP) is 2.42. The molecule has 0 unspecified atom stereocenters. The lowest BCUT2D eigenvalue weighted by Gasteiger charge is -2.45. The van der Waals surface area contributed by atoms with Crippen molar-refractivity contribution >= 4 is 24.6 Å². The maximum Gasteiger partial charge on any atom is 0.376 e. The molecule has 2 aliphatic rings. The quantitative estimate of drug-likeness (QED) is 0.378. The van der Waals surface area contributed by atoms with E-state index in [1.54, 1.807) is 19.3 Å². The number of amides is 1. The fourth-order valence-corrected chi connectivity index (χ4v) is 5.75. The van der Waals surface area contributed by atoms with Gasteiger partial charge in [-0.1, -0.05) is 29.8 Å². The van der Waals surface area contributed by atoms with Gasteiger partial charge in [-0.2, -0.15) is 0 Å². The van der Waals surface area contributed by atoms with Gasteiger partial charge in [-0.3, -0.25) is 14.7 Å². The van der Waals surface area contributed by atoms with Crippen LogP contribution in [0.3, 0.4) is 0 Å². The molecule has 0 radical (unpaired) electrons. The van der Waals surface area contributed by atoms with Gasteiger partial charge in [0.05, 0.1) is 18.1 Å². The Morgan fingerprint density at radius 3 is 2.83 bits per heavy atom. The zero-order valence-corrected chi connectivity index (χ0v) is 21.3. The molecule has 0 bridgehead atoms. The maximum atomic E-state index is 13.6. The molecule has 3 heterocycles. The van der Waals surface area contributed by atoms with Crippen molar-refractivity contribution in [1.29, 1.82) is 0 Å². The fraction of sp³-hybridized carbons (Fsp3) is 0.423. The van der Waals surface area contributed by atoms with Crippen LogP contribution in [-0.2, 0) is 24.2 Å². The van der Waals surface area contributed by atoms with Crippen molar-refractivity contribution in [1.82, 2.24) is 29.6 Å². The molecule has 3 aromatic rings. The molecule has 5 rings (SSSR count). The Morgan fingerprint density at radius 1 is 1.19 bits per heavy atom. The summed E-state index contributed by atoms with van der Waals surface area (Å²) in [7, 11) is -0.626. The van der Waals surface area contributed by atoms with Crippen molar-refractivity contribution in [2.45, 2.75) is 44.7 Å². The Hall–Kier alpha value is -2.72. The number of aromatic nitrogens is 3. The highest BCUT2D eigenvalue weighted by Crippen LogP contribution is 2.41. The zero-order chi connectivity index (χ0) is 25.1. The number of fused-ring (bicyclic) bond motifs is 2. The third-order valence-electron chi connectivity index (χ3n) is 7.33. The van der Waals surface area contributed by atoms with Crippen molar-refractivity contribution in [3.63, 3.8) is 0 Å². The van der Waals surface area contributed by atoms with E-state index in [1.165, 1.54) is 11.1 Å². The van der Waals surface area contributed by atoms with E-state index < -0.39 is 13.1 Å². The number of pyridine rings is 1. The average Bonchev–Trinajstić information content (AvgIpc) is 3.34. The molecule has 1 aromatic carbocycles. The number of rotatable bonds is 7. The molecule has 1 aliphatic carbocycles. The van der Waals surface area contributed by atoms with E-state index in [9.17, 15) is 9.82 Å². The molecule has 2 atom stereocenters. The van der Waals surface area contributed by atoms with Crippen molar-refractivity contribution in [3.8, 4) is 0 Å². The highest BCUT2D eigenvalue weighted by molar-refractivity contribution is 6.45. The third-order valence-corrected chi connectivity index (χ3v) is 7.66. The number of benzene rings is 1. The van der Waals surface area contributed by atoms with Crippen molar-refractivity contribution in [2.75, 3.05) is 26.2 Å². The SMILES string of the molecule is CB(O)N1CCN([C@@H]2c3ncccc3CCc3cccc(Cl)c32)[C@@H](C(=O)NCCCn2ccnc2)C1. The van der Waals surface area contributed by atoms with Crippen LogP contribution in [0, 0.1) is 0 Å². The molecule has 1 aliphatic heterocycles. The Morgan fingerprint density at radius 2 is 2.03 bits per heavy atom. The van der Waals surface area contributed by atoms with Crippen molar-refractivity contribution < 1.29 is 9.82 Å². The summed E-state index contributed by atoms with van der Waals surface area (Å²) in [6.07, 6.45) is 9.84. The molecule has 2 aromatic heterocycles. The first-order valence-corrected chi connectivity index (χ1v) is 13.0. The highest BCUT2D eigenvalue weighted by atomic mass is 35.5. The monoisotopic (exact) mass is 506 g/mol. The maximum absolute atomic E-state index is 13.6. The summed E-state index contributed by atoms with van der Waals surface area (Å²) >= 11 is 6.84. The summed E-state index contributed by atoms with van der Waals surface area (Å²) in [6.45, 7) is 4.81. The van der Waals surface area contributed by atoms with E-state index in [0.29, 0.717) is 31.2 Å². The number of imidazole rings is 1. The number of nitrogens with one attached hydrogen (secondary N) is 1.